The van der Waals surface area contributed by atoms with E-state index in [1.54, 1.807) is 0 Å². The van der Waals surface area contributed by atoms with E-state index in [4.69, 9.17) is 5.53 Å². The maximum absolute atomic E-state index is 8.10. The fraction of sp³-hybridized carbons (Fsp3) is 0.625. The molecule has 70 valence electrons. The van der Waals surface area contributed by atoms with E-state index in [0.717, 1.165) is 12.2 Å². The van der Waals surface area contributed by atoms with Crippen molar-refractivity contribution < 1.29 is 0 Å². The average Bonchev–Trinajstić information content (AvgIpc) is 2.48. The van der Waals surface area contributed by atoms with E-state index in [9.17, 15) is 0 Å². The third kappa shape index (κ3) is 3.17. The van der Waals surface area contributed by atoms with Crippen molar-refractivity contribution in [2.75, 3.05) is 0 Å². The maximum Gasteiger partial charge on any atom is 0.0702 e. The molecular weight excluding hydrogens is 166 g/mol. The standard InChI is InChI=1S/C8H13N5/c1-7(2)6-13-4-3-8(11-13)5-10-12-9/h3-4,7H,5-6H2,1-2H3. The topological polar surface area (TPSA) is 66.6 Å². The molecule has 0 aliphatic rings. The minimum absolute atomic E-state index is 0.335. The van der Waals surface area contributed by atoms with Crippen molar-refractivity contribution in [1.82, 2.24) is 9.78 Å². The molecule has 0 fully saturated rings. The van der Waals surface area contributed by atoms with Gasteiger partial charge in [0.1, 0.15) is 0 Å². The van der Waals surface area contributed by atoms with Crippen LogP contribution in [-0.2, 0) is 13.1 Å². The van der Waals surface area contributed by atoms with Crippen molar-refractivity contribution in [3.8, 4) is 0 Å². The summed E-state index contributed by atoms with van der Waals surface area (Å²) in [5.74, 6) is 0.576. The zero-order valence-corrected chi connectivity index (χ0v) is 7.88. The van der Waals surface area contributed by atoms with Gasteiger partial charge in [0.25, 0.3) is 0 Å². The number of hydrogen-bond donors (Lipinski definition) is 0. The summed E-state index contributed by atoms with van der Waals surface area (Å²) in [5, 5.41) is 7.68. The fourth-order valence-electron chi connectivity index (χ4n) is 1.07. The molecule has 5 heteroatoms. The molecule has 1 aromatic heterocycles. The Bertz CT molecular complexity index is 308. The molecule has 1 aromatic rings. The molecule has 0 unspecified atom stereocenters. The van der Waals surface area contributed by atoms with Crippen LogP contribution in [-0.4, -0.2) is 9.78 Å². The molecule has 0 spiro atoms. The lowest BCUT2D eigenvalue weighted by atomic mass is 10.2. The van der Waals surface area contributed by atoms with Gasteiger partial charge >= 0.3 is 0 Å². The van der Waals surface area contributed by atoms with Crippen LogP contribution in [0.5, 0.6) is 0 Å². The highest BCUT2D eigenvalue weighted by atomic mass is 15.3. The van der Waals surface area contributed by atoms with Crippen LogP contribution in [0, 0.1) is 5.92 Å². The monoisotopic (exact) mass is 179 g/mol. The molecule has 0 bridgehead atoms. The van der Waals surface area contributed by atoms with E-state index in [-0.39, 0.29) is 0 Å². The van der Waals surface area contributed by atoms with Gasteiger partial charge < -0.3 is 0 Å². The summed E-state index contributed by atoms with van der Waals surface area (Å²) in [5.41, 5.74) is 8.92. The summed E-state index contributed by atoms with van der Waals surface area (Å²) in [6.45, 7) is 5.50. The molecule has 0 aliphatic heterocycles. The van der Waals surface area contributed by atoms with Crippen molar-refractivity contribution >= 4 is 0 Å². The van der Waals surface area contributed by atoms with Crippen LogP contribution in [0.1, 0.15) is 19.5 Å². The third-order valence-electron chi connectivity index (χ3n) is 1.54. The Morgan fingerprint density at radius 1 is 1.69 bits per heavy atom. The minimum atomic E-state index is 0.335. The molecule has 5 nitrogen and oxygen atoms in total. The lowest BCUT2D eigenvalue weighted by Crippen LogP contribution is -2.05. The van der Waals surface area contributed by atoms with Crippen LogP contribution in [0.3, 0.4) is 0 Å². The summed E-state index contributed by atoms with van der Waals surface area (Å²) in [4.78, 5) is 2.68. The van der Waals surface area contributed by atoms with E-state index in [0.29, 0.717) is 12.5 Å². The van der Waals surface area contributed by atoms with E-state index >= 15 is 0 Å². The van der Waals surface area contributed by atoms with Crippen LogP contribution >= 0.6 is 0 Å². The molecule has 1 rings (SSSR count). The van der Waals surface area contributed by atoms with Crippen LogP contribution < -0.4 is 0 Å². The van der Waals surface area contributed by atoms with Gasteiger partial charge in [0.15, 0.2) is 0 Å². The first-order valence-electron chi connectivity index (χ1n) is 4.25. The Hall–Kier alpha value is -1.48. The number of azide groups is 1. The summed E-state index contributed by atoms with van der Waals surface area (Å²) >= 11 is 0. The van der Waals surface area contributed by atoms with E-state index in [2.05, 4.69) is 29.0 Å². The first-order chi connectivity index (χ1) is 6.22. The Morgan fingerprint density at radius 2 is 2.46 bits per heavy atom. The summed E-state index contributed by atoms with van der Waals surface area (Å²) < 4.78 is 1.87. The molecule has 0 aliphatic carbocycles. The van der Waals surface area contributed by atoms with Gasteiger partial charge in [0, 0.05) is 17.7 Å². The van der Waals surface area contributed by atoms with Crippen LogP contribution in [0.15, 0.2) is 17.4 Å². The summed E-state index contributed by atoms with van der Waals surface area (Å²) in [6, 6.07) is 1.87. The smallest absolute Gasteiger partial charge is 0.0702 e. The fourth-order valence-corrected chi connectivity index (χ4v) is 1.07. The van der Waals surface area contributed by atoms with Gasteiger partial charge in [-0.15, -0.1) is 0 Å². The van der Waals surface area contributed by atoms with E-state index in [1.165, 1.54) is 0 Å². The van der Waals surface area contributed by atoms with Gasteiger partial charge in [0.05, 0.1) is 12.2 Å². The minimum Gasteiger partial charge on any atom is -0.272 e. The summed E-state index contributed by atoms with van der Waals surface area (Å²) in [7, 11) is 0. The van der Waals surface area contributed by atoms with E-state index < -0.39 is 0 Å². The second-order valence-electron chi connectivity index (χ2n) is 3.31. The highest BCUT2D eigenvalue weighted by Gasteiger charge is 1.99. The molecule has 1 heterocycles. The molecule has 0 aromatic carbocycles. The molecule has 13 heavy (non-hydrogen) atoms. The van der Waals surface area contributed by atoms with Gasteiger partial charge in [-0.2, -0.15) is 5.10 Å². The largest absolute Gasteiger partial charge is 0.272 e. The molecule has 0 radical (unpaired) electrons. The van der Waals surface area contributed by atoms with Crippen LogP contribution in [0.2, 0.25) is 0 Å². The predicted octanol–water partition coefficient (Wildman–Crippen LogP) is 2.35. The Morgan fingerprint density at radius 3 is 3.08 bits per heavy atom. The Kier molecular flexibility index (Phi) is 3.34. The molecule has 0 saturated heterocycles. The lowest BCUT2D eigenvalue weighted by Gasteiger charge is -2.03. The highest BCUT2D eigenvalue weighted by molar-refractivity contribution is 4.98. The second kappa shape index (κ2) is 4.52. The highest BCUT2D eigenvalue weighted by Crippen LogP contribution is 2.01. The van der Waals surface area contributed by atoms with E-state index in [1.807, 2.05) is 16.9 Å². The normalized spacial score (nSPS) is 10.1. The number of hydrogen-bond acceptors (Lipinski definition) is 2. The van der Waals surface area contributed by atoms with Gasteiger partial charge in [-0.25, -0.2) is 0 Å². The molecular formula is C8H13N5. The predicted molar refractivity (Wildman–Crippen MR) is 49.9 cm³/mol. The zero-order valence-electron chi connectivity index (χ0n) is 7.88. The van der Waals surface area contributed by atoms with Gasteiger partial charge in [-0.3, -0.25) is 4.68 Å². The van der Waals surface area contributed by atoms with Crippen molar-refractivity contribution in [3.05, 3.63) is 28.4 Å². The Labute approximate surface area is 77.0 Å². The quantitative estimate of drug-likeness (QED) is 0.397. The molecule has 0 amide bonds. The maximum atomic E-state index is 8.10. The number of nitrogens with zero attached hydrogens (tertiary/aromatic N) is 5. The number of rotatable bonds is 4. The molecule has 0 atom stereocenters. The van der Waals surface area contributed by atoms with Crippen molar-refractivity contribution in [1.29, 1.82) is 0 Å². The first-order valence-corrected chi connectivity index (χ1v) is 4.25. The third-order valence-corrected chi connectivity index (χ3v) is 1.54. The number of aromatic nitrogens is 2. The van der Waals surface area contributed by atoms with Crippen molar-refractivity contribution in [3.63, 3.8) is 0 Å². The van der Waals surface area contributed by atoms with Crippen molar-refractivity contribution in [2.24, 2.45) is 11.0 Å². The van der Waals surface area contributed by atoms with Gasteiger partial charge in [-0.1, -0.05) is 19.0 Å². The average molecular weight is 179 g/mol. The lowest BCUT2D eigenvalue weighted by molar-refractivity contribution is 0.480. The SMILES string of the molecule is CC(C)Cn1ccc(CN=[N+]=[N-])n1. The van der Waals surface area contributed by atoms with Gasteiger partial charge in [0.2, 0.25) is 0 Å². The molecule has 0 N–H and O–H groups in total. The molecule has 0 saturated carbocycles. The van der Waals surface area contributed by atoms with Gasteiger partial charge in [-0.05, 0) is 17.5 Å². The second-order valence-corrected chi connectivity index (χ2v) is 3.31. The van der Waals surface area contributed by atoms with Crippen LogP contribution in [0.4, 0.5) is 0 Å². The first kappa shape index (κ1) is 9.61. The Balaban J connectivity index is 2.58. The van der Waals surface area contributed by atoms with Crippen molar-refractivity contribution in [2.45, 2.75) is 26.9 Å². The zero-order chi connectivity index (χ0) is 9.68. The summed E-state index contributed by atoms with van der Waals surface area (Å²) in [6.07, 6.45) is 1.90. The van der Waals surface area contributed by atoms with Crippen LogP contribution in [0.25, 0.3) is 10.4 Å².